The molecule has 0 spiro atoms. The molecule has 6 heteroatoms. The molecular formula is C68H120O6. The summed E-state index contributed by atoms with van der Waals surface area (Å²) in [5, 5.41) is 0. The minimum atomic E-state index is -0.779. The van der Waals surface area contributed by atoms with Crippen LogP contribution in [0.25, 0.3) is 0 Å². The van der Waals surface area contributed by atoms with E-state index in [4.69, 9.17) is 14.2 Å². The van der Waals surface area contributed by atoms with Crippen molar-refractivity contribution in [3.05, 3.63) is 72.9 Å². The average Bonchev–Trinajstić information content (AvgIpc) is 3.40. The highest BCUT2D eigenvalue weighted by Crippen LogP contribution is 2.17. The minimum absolute atomic E-state index is 0.0774. The van der Waals surface area contributed by atoms with Crippen molar-refractivity contribution in [1.82, 2.24) is 0 Å². The Labute approximate surface area is 459 Å². The van der Waals surface area contributed by atoms with Gasteiger partial charge in [0.25, 0.3) is 0 Å². The molecule has 0 amide bonds. The van der Waals surface area contributed by atoms with Crippen molar-refractivity contribution >= 4 is 17.9 Å². The van der Waals surface area contributed by atoms with Gasteiger partial charge < -0.3 is 14.2 Å². The predicted molar refractivity (Wildman–Crippen MR) is 321 cm³/mol. The lowest BCUT2D eigenvalue weighted by Gasteiger charge is -2.18. The molecule has 0 saturated heterocycles. The van der Waals surface area contributed by atoms with Crippen LogP contribution < -0.4 is 0 Å². The van der Waals surface area contributed by atoms with Gasteiger partial charge in [0.1, 0.15) is 13.2 Å². The summed E-state index contributed by atoms with van der Waals surface area (Å²) in [4.78, 5) is 38.1. The molecule has 0 N–H and O–H groups in total. The van der Waals surface area contributed by atoms with Gasteiger partial charge in [0, 0.05) is 19.3 Å². The van der Waals surface area contributed by atoms with E-state index in [1.807, 2.05) is 0 Å². The standard InChI is InChI=1S/C68H120O6/c1-4-7-10-13-16-19-22-24-25-26-27-28-29-30-31-32-33-34-35-36-37-38-39-40-41-42-43-44-47-49-52-55-58-61-67(70)73-64-65(63-72-66(69)60-57-54-51-48-45-21-18-15-12-9-6-3)74-68(71)62-59-56-53-50-46-23-20-17-14-11-8-5-2/h7,10,15-20,24-25,27-28,65H,4-6,8-9,11-14,21-23,26,29-64H2,1-3H3/b10-7-,18-15-,19-16-,20-17-,25-24-,28-27-. The quantitative estimate of drug-likeness (QED) is 0.0261. The molecule has 1 unspecified atom stereocenters. The number of allylic oxidation sites excluding steroid dienone is 12. The molecule has 0 bridgehead atoms. The molecule has 6 nitrogen and oxygen atoms in total. The highest BCUT2D eigenvalue weighted by Gasteiger charge is 2.19. The number of rotatable bonds is 58. The second-order valence-corrected chi connectivity index (χ2v) is 21.3. The summed E-state index contributed by atoms with van der Waals surface area (Å²) < 4.78 is 16.8. The Bertz CT molecular complexity index is 1370. The molecule has 0 aromatic carbocycles. The van der Waals surface area contributed by atoms with Gasteiger partial charge >= 0.3 is 17.9 Å². The molecule has 0 aliphatic rings. The number of hydrogen-bond acceptors (Lipinski definition) is 6. The maximum atomic E-state index is 12.8. The third kappa shape index (κ3) is 59.7. The second kappa shape index (κ2) is 62.4. The number of hydrogen-bond donors (Lipinski definition) is 0. The molecular weight excluding hydrogens is 913 g/mol. The molecule has 1 atom stereocenters. The van der Waals surface area contributed by atoms with Crippen molar-refractivity contribution in [2.75, 3.05) is 13.2 Å². The van der Waals surface area contributed by atoms with E-state index >= 15 is 0 Å². The lowest BCUT2D eigenvalue weighted by molar-refractivity contribution is -0.167. The Kier molecular flexibility index (Phi) is 59.7. The van der Waals surface area contributed by atoms with Gasteiger partial charge in [-0.15, -0.1) is 0 Å². The minimum Gasteiger partial charge on any atom is -0.462 e. The van der Waals surface area contributed by atoms with Gasteiger partial charge in [-0.3, -0.25) is 14.4 Å². The smallest absolute Gasteiger partial charge is 0.306 e. The Morgan fingerprint density at radius 3 is 0.878 bits per heavy atom. The summed E-state index contributed by atoms with van der Waals surface area (Å²) in [7, 11) is 0. The fourth-order valence-corrected chi connectivity index (χ4v) is 9.12. The van der Waals surface area contributed by atoms with E-state index in [0.717, 1.165) is 103 Å². The van der Waals surface area contributed by atoms with Crippen LogP contribution in [0.3, 0.4) is 0 Å². The molecule has 0 aromatic heterocycles. The predicted octanol–water partition coefficient (Wildman–Crippen LogP) is 21.7. The van der Waals surface area contributed by atoms with Crippen molar-refractivity contribution < 1.29 is 28.6 Å². The molecule has 74 heavy (non-hydrogen) atoms. The van der Waals surface area contributed by atoms with E-state index in [2.05, 4.69) is 93.7 Å². The van der Waals surface area contributed by atoms with Crippen LogP contribution in [-0.2, 0) is 28.6 Å². The van der Waals surface area contributed by atoms with E-state index in [0.29, 0.717) is 19.3 Å². The fraction of sp³-hybridized carbons (Fsp3) is 0.779. The summed E-state index contributed by atoms with van der Waals surface area (Å²) >= 11 is 0. The van der Waals surface area contributed by atoms with Gasteiger partial charge in [0.2, 0.25) is 0 Å². The molecule has 0 heterocycles. The monoisotopic (exact) mass is 1030 g/mol. The molecule has 428 valence electrons. The third-order valence-corrected chi connectivity index (χ3v) is 13.9. The number of esters is 3. The Morgan fingerprint density at radius 2 is 0.541 bits per heavy atom. The van der Waals surface area contributed by atoms with Crippen LogP contribution in [0, 0.1) is 0 Å². The van der Waals surface area contributed by atoms with E-state index in [1.54, 1.807) is 0 Å². The molecule has 0 aromatic rings. The topological polar surface area (TPSA) is 78.9 Å². The molecule has 0 rings (SSSR count). The third-order valence-electron chi connectivity index (χ3n) is 13.9. The number of unbranched alkanes of at least 4 members (excludes halogenated alkanes) is 35. The molecule has 0 radical (unpaired) electrons. The zero-order chi connectivity index (χ0) is 53.6. The van der Waals surface area contributed by atoms with Crippen LogP contribution >= 0.6 is 0 Å². The van der Waals surface area contributed by atoms with Crippen molar-refractivity contribution in [2.45, 2.75) is 329 Å². The molecule has 0 aliphatic carbocycles. The molecule has 0 saturated carbocycles. The van der Waals surface area contributed by atoms with E-state index < -0.39 is 6.10 Å². The molecule has 0 aliphatic heterocycles. The highest BCUT2D eigenvalue weighted by atomic mass is 16.6. The van der Waals surface area contributed by atoms with Gasteiger partial charge in [0.15, 0.2) is 6.10 Å². The molecule has 0 fully saturated rings. The van der Waals surface area contributed by atoms with Crippen LogP contribution in [-0.4, -0.2) is 37.2 Å². The normalized spacial score (nSPS) is 12.5. The number of ether oxygens (including phenoxy) is 3. The summed E-state index contributed by atoms with van der Waals surface area (Å²) in [5.74, 6) is -0.884. The van der Waals surface area contributed by atoms with Crippen molar-refractivity contribution in [2.24, 2.45) is 0 Å². The fourth-order valence-electron chi connectivity index (χ4n) is 9.12. The van der Waals surface area contributed by atoms with E-state index in [-0.39, 0.29) is 31.1 Å². The average molecular weight is 1030 g/mol. The van der Waals surface area contributed by atoms with Gasteiger partial charge in [-0.05, 0) is 103 Å². The lowest BCUT2D eigenvalue weighted by atomic mass is 10.0. The van der Waals surface area contributed by atoms with Crippen LogP contribution in [0.15, 0.2) is 72.9 Å². The zero-order valence-electron chi connectivity index (χ0n) is 49.1. The SMILES string of the molecule is CC/C=C\C/C=C\C/C=C\C/C=C\CCCCCCCCCCCCCCCCCCCCCCC(=O)OCC(COC(=O)CCCCCCC/C=C\CCCC)OC(=O)CCCCCCC/C=C\CCCCC. The summed E-state index contributed by atoms with van der Waals surface area (Å²) in [6.07, 6.45) is 80.8. The maximum Gasteiger partial charge on any atom is 0.306 e. The van der Waals surface area contributed by atoms with Crippen molar-refractivity contribution in [3.63, 3.8) is 0 Å². The first kappa shape index (κ1) is 70.8. The van der Waals surface area contributed by atoms with Crippen LogP contribution in [0.5, 0.6) is 0 Å². The van der Waals surface area contributed by atoms with E-state index in [9.17, 15) is 14.4 Å². The summed E-state index contributed by atoms with van der Waals surface area (Å²) in [6.45, 7) is 6.48. The Hall–Kier alpha value is -3.15. The van der Waals surface area contributed by atoms with Crippen molar-refractivity contribution in [1.29, 1.82) is 0 Å². The van der Waals surface area contributed by atoms with E-state index in [1.165, 1.54) is 180 Å². The Morgan fingerprint density at radius 1 is 0.284 bits per heavy atom. The van der Waals surface area contributed by atoms with Gasteiger partial charge in [-0.25, -0.2) is 0 Å². The zero-order valence-corrected chi connectivity index (χ0v) is 49.1. The maximum absolute atomic E-state index is 12.8. The summed E-state index contributed by atoms with van der Waals surface area (Å²) in [6, 6.07) is 0. The first-order chi connectivity index (χ1) is 36.5. The van der Waals surface area contributed by atoms with Crippen LogP contribution in [0.4, 0.5) is 0 Å². The number of carbonyl (C=O) groups excluding carboxylic acids is 3. The summed E-state index contributed by atoms with van der Waals surface area (Å²) in [5.41, 5.74) is 0. The second-order valence-electron chi connectivity index (χ2n) is 21.3. The van der Waals surface area contributed by atoms with Gasteiger partial charge in [-0.2, -0.15) is 0 Å². The van der Waals surface area contributed by atoms with Gasteiger partial charge in [-0.1, -0.05) is 273 Å². The van der Waals surface area contributed by atoms with Crippen LogP contribution in [0.1, 0.15) is 323 Å². The first-order valence-electron chi connectivity index (χ1n) is 31.9. The van der Waals surface area contributed by atoms with Crippen molar-refractivity contribution in [3.8, 4) is 0 Å². The lowest BCUT2D eigenvalue weighted by Crippen LogP contribution is -2.30. The van der Waals surface area contributed by atoms with Gasteiger partial charge in [0.05, 0.1) is 0 Å². The number of carbonyl (C=O) groups is 3. The Balaban J connectivity index is 4.04. The largest absolute Gasteiger partial charge is 0.462 e. The van der Waals surface area contributed by atoms with Crippen LogP contribution in [0.2, 0.25) is 0 Å². The highest BCUT2D eigenvalue weighted by molar-refractivity contribution is 5.71. The first-order valence-corrected chi connectivity index (χ1v) is 31.9.